The Kier molecular flexibility index (Phi) is 8.76. The Labute approximate surface area is 297 Å². The number of hydrogen-bond donors (Lipinski definition) is 0. The molecule has 6 heteroatoms. The van der Waals surface area contributed by atoms with Crippen molar-refractivity contribution in [2.75, 3.05) is 20.8 Å². The highest BCUT2D eigenvalue weighted by atomic mass is 17.2. The van der Waals surface area contributed by atoms with Crippen LogP contribution in [0.1, 0.15) is 46.2 Å². The molecule has 0 saturated heterocycles. The molecule has 0 saturated carbocycles. The molecule has 0 aromatic heterocycles. The summed E-state index contributed by atoms with van der Waals surface area (Å²) in [5.41, 5.74) is 6.32. The number of methoxy groups -OCH3 is 2. The lowest BCUT2D eigenvalue weighted by Gasteiger charge is -2.29. The van der Waals surface area contributed by atoms with Crippen molar-refractivity contribution in [3.05, 3.63) is 155 Å². The van der Waals surface area contributed by atoms with Gasteiger partial charge in [-0.05, 0) is 124 Å². The van der Waals surface area contributed by atoms with Crippen molar-refractivity contribution in [2.45, 2.75) is 31.1 Å². The van der Waals surface area contributed by atoms with Gasteiger partial charge in [0.15, 0.2) is 5.75 Å². The minimum Gasteiger partial charge on any atom is -0.497 e. The Bertz CT molecular complexity index is 2330. The van der Waals surface area contributed by atoms with Crippen LogP contribution in [-0.2, 0) is 27.9 Å². The van der Waals surface area contributed by atoms with E-state index in [4.69, 9.17) is 24.0 Å². The van der Waals surface area contributed by atoms with Gasteiger partial charge in [0.05, 0.1) is 14.2 Å². The van der Waals surface area contributed by atoms with Crippen molar-refractivity contribution in [3.63, 3.8) is 0 Å². The molecule has 1 unspecified atom stereocenters. The van der Waals surface area contributed by atoms with Crippen LogP contribution >= 0.6 is 0 Å². The van der Waals surface area contributed by atoms with Crippen molar-refractivity contribution >= 4 is 39.7 Å². The van der Waals surface area contributed by atoms with Crippen LogP contribution in [0.2, 0.25) is 0 Å². The van der Waals surface area contributed by atoms with Gasteiger partial charge in [-0.15, -0.1) is 0 Å². The number of benzene rings is 6. The number of rotatable bonds is 10. The van der Waals surface area contributed by atoms with Gasteiger partial charge in [-0.25, -0.2) is 4.79 Å². The lowest BCUT2D eigenvalue weighted by Crippen LogP contribution is -2.24. The lowest BCUT2D eigenvalue weighted by molar-refractivity contribution is -0.196. The van der Waals surface area contributed by atoms with Crippen molar-refractivity contribution in [3.8, 4) is 23.0 Å². The molecule has 0 amide bonds. The van der Waals surface area contributed by atoms with Gasteiger partial charge in [-0.3, -0.25) is 0 Å². The van der Waals surface area contributed by atoms with Crippen LogP contribution in [0.3, 0.4) is 0 Å². The topological polar surface area (TPSA) is 63.2 Å². The van der Waals surface area contributed by atoms with Crippen LogP contribution in [0.5, 0.6) is 23.0 Å². The third kappa shape index (κ3) is 6.35. The van der Waals surface area contributed by atoms with Crippen LogP contribution in [0.15, 0.2) is 121 Å². The molecule has 6 aromatic carbocycles. The van der Waals surface area contributed by atoms with Crippen molar-refractivity contribution in [1.82, 2.24) is 0 Å². The SMILES string of the molecule is COc1ccc2cc(C=CC(=O)Oc3cccc4c3C3(CCc5cccc(OOC/C=C/c6ccc7cc(OC)ccc7c6)c53)CC4)ccc2c1. The van der Waals surface area contributed by atoms with Crippen LogP contribution < -0.4 is 19.1 Å². The number of carbonyl (C=O) groups excluding carboxylic acids is 1. The summed E-state index contributed by atoms with van der Waals surface area (Å²) in [6.45, 7) is 0.286. The number of hydrogen-bond acceptors (Lipinski definition) is 6. The van der Waals surface area contributed by atoms with E-state index < -0.39 is 5.97 Å². The largest absolute Gasteiger partial charge is 0.497 e. The lowest BCUT2D eigenvalue weighted by atomic mass is 9.76. The average molecular weight is 675 g/mol. The Morgan fingerprint density at radius 2 is 1.20 bits per heavy atom. The van der Waals surface area contributed by atoms with Gasteiger partial charge < -0.3 is 19.1 Å². The minimum absolute atomic E-state index is 0.286. The zero-order valence-corrected chi connectivity index (χ0v) is 28.7. The maximum absolute atomic E-state index is 13.3. The van der Waals surface area contributed by atoms with Crippen molar-refractivity contribution in [2.24, 2.45) is 0 Å². The fourth-order valence-electron chi connectivity index (χ4n) is 7.83. The predicted octanol–water partition coefficient (Wildman–Crippen LogP) is 9.83. The molecule has 254 valence electrons. The average Bonchev–Trinajstić information content (AvgIpc) is 3.75. The van der Waals surface area contributed by atoms with E-state index >= 15 is 0 Å². The molecule has 6 aromatic rings. The molecule has 2 aliphatic carbocycles. The van der Waals surface area contributed by atoms with Crippen LogP contribution in [0.4, 0.5) is 0 Å². The van der Waals surface area contributed by atoms with E-state index in [-0.39, 0.29) is 12.0 Å². The zero-order valence-electron chi connectivity index (χ0n) is 28.7. The summed E-state index contributed by atoms with van der Waals surface area (Å²) in [7, 11) is 3.34. The van der Waals surface area contributed by atoms with Gasteiger partial charge in [0.2, 0.25) is 0 Å². The highest BCUT2D eigenvalue weighted by molar-refractivity contribution is 5.91. The maximum atomic E-state index is 13.3. The Morgan fingerprint density at radius 3 is 1.82 bits per heavy atom. The number of aryl methyl sites for hydroxylation is 2. The summed E-state index contributed by atoms with van der Waals surface area (Å²) in [6.07, 6.45) is 10.9. The molecule has 0 bridgehead atoms. The zero-order chi connectivity index (χ0) is 34.8. The quantitative estimate of drug-likeness (QED) is 0.0360. The van der Waals surface area contributed by atoms with E-state index in [9.17, 15) is 4.79 Å². The van der Waals surface area contributed by atoms with Gasteiger partial charge in [0, 0.05) is 22.6 Å². The van der Waals surface area contributed by atoms with Gasteiger partial charge in [-0.2, -0.15) is 4.89 Å². The standard InChI is InChI=1S/C45H38O6/c1-47-38-18-16-34-26-30(11-14-36(34)28-38)6-5-25-49-51-41-10-4-8-33-22-24-45(44(33)41)23-21-32-7-3-9-40(43(32)45)50-42(46)20-13-31-12-15-37-29-39(48-2)19-17-35(37)27-31/h3-20,26-29H,21-25H2,1-2H3/b6-5+,20-13?. The smallest absolute Gasteiger partial charge is 0.336 e. The molecule has 0 radical (unpaired) electrons. The van der Waals surface area contributed by atoms with Gasteiger partial charge in [0.1, 0.15) is 23.9 Å². The summed E-state index contributed by atoms with van der Waals surface area (Å²) < 4.78 is 16.8. The van der Waals surface area contributed by atoms with E-state index in [0.717, 1.165) is 81.0 Å². The van der Waals surface area contributed by atoms with Crippen LogP contribution in [0, 0.1) is 0 Å². The third-order valence-corrected chi connectivity index (χ3v) is 10.2. The van der Waals surface area contributed by atoms with E-state index in [1.807, 2.05) is 84.9 Å². The summed E-state index contributed by atoms with van der Waals surface area (Å²) in [5.74, 6) is 2.55. The van der Waals surface area contributed by atoms with Crippen LogP contribution in [-0.4, -0.2) is 26.8 Å². The van der Waals surface area contributed by atoms with Gasteiger partial charge >= 0.3 is 5.97 Å². The Balaban J connectivity index is 0.980. The normalized spacial score (nSPS) is 16.3. The van der Waals surface area contributed by atoms with E-state index in [2.05, 4.69) is 36.4 Å². The molecule has 2 aliphatic rings. The fraction of sp³-hybridized carbons (Fsp3) is 0.178. The molecule has 8 rings (SSSR count). The van der Waals surface area contributed by atoms with E-state index in [0.29, 0.717) is 11.5 Å². The molecule has 51 heavy (non-hydrogen) atoms. The number of fused-ring (bicyclic) bond motifs is 6. The first-order valence-electron chi connectivity index (χ1n) is 17.3. The van der Waals surface area contributed by atoms with Gasteiger partial charge in [0.25, 0.3) is 0 Å². The molecular weight excluding hydrogens is 636 g/mol. The minimum atomic E-state index is -0.413. The highest BCUT2D eigenvalue weighted by Crippen LogP contribution is 2.57. The second-order valence-corrected chi connectivity index (χ2v) is 13.1. The predicted molar refractivity (Wildman–Crippen MR) is 202 cm³/mol. The summed E-state index contributed by atoms with van der Waals surface area (Å²) in [5, 5.41) is 4.41. The molecule has 0 aliphatic heterocycles. The monoisotopic (exact) mass is 674 g/mol. The summed E-state index contributed by atoms with van der Waals surface area (Å²) in [4.78, 5) is 25.1. The Hall–Kier alpha value is -5.85. The van der Waals surface area contributed by atoms with E-state index in [1.54, 1.807) is 20.3 Å². The second kappa shape index (κ2) is 13.8. The third-order valence-electron chi connectivity index (χ3n) is 10.2. The first kappa shape index (κ1) is 32.4. The molecule has 6 nitrogen and oxygen atoms in total. The first-order valence-corrected chi connectivity index (χ1v) is 17.3. The second-order valence-electron chi connectivity index (χ2n) is 13.1. The molecule has 0 heterocycles. The van der Waals surface area contributed by atoms with Crippen molar-refractivity contribution in [1.29, 1.82) is 0 Å². The number of esters is 1. The molecule has 0 N–H and O–H groups in total. The molecule has 1 spiro atoms. The molecule has 0 fully saturated rings. The van der Waals surface area contributed by atoms with Gasteiger partial charge in [-0.1, -0.05) is 72.8 Å². The molecule has 1 atom stereocenters. The Morgan fingerprint density at radius 1 is 0.647 bits per heavy atom. The maximum Gasteiger partial charge on any atom is 0.336 e. The summed E-state index contributed by atoms with van der Waals surface area (Å²) >= 11 is 0. The fourth-order valence-corrected chi connectivity index (χ4v) is 7.83. The van der Waals surface area contributed by atoms with Crippen molar-refractivity contribution < 1.29 is 28.8 Å². The summed E-state index contributed by atoms with van der Waals surface area (Å²) in [6, 6.07) is 36.6. The van der Waals surface area contributed by atoms with E-state index in [1.165, 1.54) is 17.2 Å². The highest BCUT2D eigenvalue weighted by Gasteiger charge is 2.48. The van der Waals surface area contributed by atoms with Crippen LogP contribution in [0.25, 0.3) is 33.7 Å². The first-order chi connectivity index (χ1) is 25.0. The molecular formula is C45H38O6. The number of ether oxygens (including phenoxy) is 3. The number of carbonyl (C=O) groups is 1.